The molecule has 6 nitrogen and oxygen atoms in total. The van der Waals surface area contributed by atoms with Crippen LogP contribution in [-0.4, -0.2) is 37.2 Å². The Hall–Kier alpha value is -3.41. The standard InChI is InChI=1S/C76H134O6/c1-4-7-10-13-16-19-22-24-26-28-30-32-33-34-35-36-37-38-39-40-41-42-43-45-46-48-50-52-54-57-60-63-66-69-75(78)81-72-73(71-80-74(77)68-65-62-59-56-21-18-15-12-9-6-3)82-76(79)70-67-64-61-58-55-53-51-49-47-44-31-29-27-25-23-20-17-14-11-8-5-2/h8,11-12,15,17,20,25,27-28,30-31,44,49,51,73H,4-7,9-10,13-14,16,18-19,21-24,26,29,32-43,45-48,50,52-72H2,1-3H3/b11-8-,15-12-,20-17-,27-25-,30-28-,44-31-,51-49-. The Kier molecular flexibility index (Phi) is 67.2. The van der Waals surface area contributed by atoms with Gasteiger partial charge in [0.05, 0.1) is 0 Å². The smallest absolute Gasteiger partial charge is 0.306 e. The van der Waals surface area contributed by atoms with Crippen LogP contribution in [0.25, 0.3) is 0 Å². The molecule has 82 heavy (non-hydrogen) atoms. The van der Waals surface area contributed by atoms with E-state index in [1.165, 1.54) is 199 Å². The van der Waals surface area contributed by atoms with Gasteiger partial charge in [-0.3, -0.25) is 14.4 Å². The first-order chi connectivity index (χ1) is 40.5. The van der Waals surface area contributed by atoms with E-state index < -0.39 is 6.10 Å². The lowest BCUT2D eigenvalue weighted by atomic mass is 10.0. The predicted molar refractivity (Wildman–Crippen MR) is 358 cm³/mol. The molecular formula is C76H134O6. The zero-order valence-electron chi connectivity index (χ0n) is 54.5. The van der Waals surface area contributed by atoms with E-state index in [1.54, 1.807) is 0 Å². The van der Waals surface area contributed by atoms with E-state index >= 15 is 0 Å². The third-order valence-corrected chi connectivity index (χ3v) is 15.6. The summed E-state index contributed by atoms with van der Waals surface area (Å²) in [5.41, 5.74) is 0. The van der Waals surface area contributed by atoms with Crippen molar-refractivity contribution in [3.63, 3.8) is 0 Å². The molecule has 0 saturated heterocycles. The molecule has 0 saturated carbocycles. The predicted octanol–water partition coefficient (Wildman–Crippen LogP) is 24.6. The number of carbonyl (C=O) groups excluding carboxylic acids is 3. The molecule has 0 heterocycles. The van der Waals surface area contributed by atoms with Crippen molar-refractivity contribution in [1.29, 1.82) is 0 Å². The summed E-state index contributed by atoms with van der Waals surface area (Å²) in [6, 6.07) is 0. The number of ether oxygens (including phenoxy) is 3. The third kappa shape index (κ3) is 67.4. The average Bonchev–Trinajstić information content (AvgIpc) is 3.47. The number of hydrogen-bond acceptors (Lipinski definition) is 6. The Labute approximate surface area is 509 Å². The Morgan fingerprint density at radius 2 is 0.500 bits per heavy atom. The molecule has 1 atom stereocenters. The Morgan fingerprint density at radius 3 is 0.805 bits per heavy atom. The van der Waals surface area contributed by atoms with Gasteiger partial charge in [-0.1, -0.05) is 318 Å². The van der Waals surface area contributed by atoms with Crippen LogP contribution in [0.5, 0.6) is 0 Å². The average molecular weight is 1140 g/mol. The van der Waals surface area contributed by atoms with Crippen molar-refractivity contribution >= 4 is 17.9 Å². The van der Waals surface area contributed by atoms with Gasteiger partial charge in [0.2, 0.25) is 0 Å². The maximum absolute atomic E-state index is 12.9. The van der Waals surface area contributed by atoms with Crippen LogP contribution < -0.4 is 0 Å². The van der Waals surface area contributed by atoms with Gasteiger partial charge in [0.15, 0.2) is 6.10 Å². The van der Waals surface area contributed by atoms with Crippen LogP contribution in [0, 0.1) is 0 Å². The van der Waals surface area contributed by atoms with E-state index in [0.29, 0.717) is 19.3 Å². The fourth-order valence-electron chi connectivity index (χ4n) is 10.3. The van der Waals surface area contributed by atoms with E-state index in [2.05, 4.69) is 106 Å². The van der Waals surface area contributed by atoms with Crippen LogP contribution in [0.3, 0.4) is 0 Å². The zero-order valence-corrected chi connectivity index (χ0v) is 54.5. The fourth-order valence-corrected chi connectivity index (χ4v) is 10.3. The molecule has 0 bridgehead atoms. The molecule has 0 N–H and O–H groups in total. The quantitative estimate of drug-likeness (QED) is 0.0261. The number of allylic oxidation sites excluding steroid dienone is 14. The maximum atomic E-state index is 12.9. The van der Waals surface area contributed by atoms with E-state index in [4.69, 9.17) is 14.2 Å². The molecule has 0 aromatic carbocycles. The van der Waals surface area contributed by atoms with E-state index in [-0.39, 0.29) is 31.1 Å². The normalized spacial score (nSPS) is 12.6. The topological polar surface area (TPSA) is 78.9 Å². The van der Waals surface area contributed by atoms with Gasteiger partial charge in [0, 0.05) is 19.3 Å². The molecule has 1 unspecified atom stereocenters. The molecule has 0 aliphatic rings. The van der Waals surface area contributed by atoms with Gasteiger partial charge in [-0.2, -0.15) is 0 Å². The largest absolute Gasteiger partial charge is 0.462 e. The highest BCUT2D eigenvalue weighted by Gasteiger charge is 2.19. The van der Waals surface area contributed by atoms with Crippen molar-refractivity contribution in [3.8, 4) is 0 Å². The van der Waals surface area contributed by atoms with Crippen molar-refractivity contribution in [2.24, 2.45) is 0 Å². The lowest BCUT2D eigenvalue weighted by molar-refractivity contribution is -0.167. The third-order valence-electron chi connectivity index (χ3n) is 15.6. The van der Waals surface area contributed by atoms with Gasteiger partial charge < -0.3 is 14.2 Å². The molecule has 0 radical (unpaired) electrons. The van der Waals surface area contributed by atoms with Crippen molar-refractivity contribution in [2.45, 2.75) is 367 Å². The van der Waals surface area contributed by atoms with Crippen molar-refractivity contribution in [1.82, 2.24) is 0 Å². The minimum atomic E-state index is -0.790. The van der Waals surface area contributed by atoms with Crippen LogP contribution in [0.2, 0.25) is 0 Å². The number of hydrogen-bond donors (Lipinski definition) is 0. The van der Waals surface area contributed by atoms with Crippen molar-refractivity contribution in [2.75, 3.05) is 13.2 Å². The Balaban J connectivity index is 4.12. The summed E-state index contributed by atoms with van der Waals surface area (Å²) in [5.74, 6) is -0.900. The summed E-state index contributed by atoms with van der Waals surface area (Å²) < 4.78 is 16.9. The summed E-state index contributed by atoms with van der Waals surface area (Å²) in [4.78, 5) is 38.3. The summed E-state index contributed by atoms with van der Waals surface area (Å²) in [6.45, 7) is 6.48. The number of esters is 3. The van der Waals surface area contributed by atoms with Gasteiger partial charge in [0.1, 0.15) is 13.2 Å². The molecule has 0 aliphatic heterocycles. The second-order valence-corrected chi connectivity index (χ2v) is 23.8. The fraction of sp³-hybridized carbons (Fsp3) is 0.776. The molecule has 6 heteroatoms. The molecule has 0 aromatic heterocycles. The minimum Gasteiger partial charge on any atom is -0.462 e. The lowest BCUT2D eigenvalue weighted by Gasteiger charge is -2.18. The molecule has 0 rings (SSSR count). The van der Waals surface area contributed by atoms with Crippen LogP contribution in [0.1, 0.15) is 361 Å². The number of unbranched alkanes of at least 4 members (excludes halogenated alkanes) is 40. The second-order valence-electron chi connectivity index (χ2n) is 23.8. The first-order valence-corrected chi connectivity index (χ1v) is 35.6. The van der Waals surface area contributed by atoms with Crippen LogP contribution in [0.4, 0.5) is 0 Å². The highest BCUT2D eigenvalue weighted by atomic mass is 16.6. The van der Waals surface area contributed by atoms with Gasteiger partial charge in [0.25, 0.3) is 0 Å². The Morgan fingerprint density at radius 1 is 0.256 bits per heavy atom. The second kappa shape index (κ2) is 70.1. The van der Waals surface area contributed by atoms with Gasteiger partial charge in [-0.25, -0.2) is 0 Å². The highest BCUT2D eigenvalue weighted by Crippen LogP contribution is 2.18. The monoisotopic (exact) mass is 1140 g/mol. The van der Waals surface area contributed by atoms with Crippen molar-refractivity contribution in [3.05, 3.63) is 85.1 Å². The highest BCUT2D eigenvalue weighted by molar-refractivity contribution is 5.71. The summed E-state index contributed by atoms with van der Waals surface area (Å²) in [6.07, 6.45) is 93.5. The Bertz CT molecular complexity index is 1550. The first-order valence-electron chi connectivity index (χ1n) is 35.6. The first kappa shape index (κ1) is 78.6. The van der Waals surface area contributed by atoms with E-state index in [9.17, 15) is 14.4 Å². The molecule has 0 fully saturated rings. The van der Waals surface area contributed by atoms with Crippen LogP contribution in [-0.2, 0) is 28.6 Å². The molecular weight excluding hydrogens is 1010 g/mol. The number of carbonyl (C=O) groups is 3. The van der Waals surface area contributed by atoms with Gasteiger partial charge in [-0.15, -0.1) is 0 Å². The molecule has 0 aromatic rings. The SMILES string of the molecule is CC/C=C\C/C=C\C/C=C\C/C=C\C/C=C\CCCCCCCC(=O)OC(COC(=O)CCCCCCC/C=C\CCC)COC(=O)CCCCCCCCCCCCCCCCCCCCCCC/C=C\CCCCCCCCCC. The van der Waals surface area contributed by atoms with E-state index in [1.807, 2.05) is 0 Å². The molecule has 0 amide bonds. The van der Waals surface area contributed by atoms with Gasteiger partial charge >= 0.3 is 17.9 Å². The van der Waals surface area contributed by atoms with Crippen molar-refractivity contribution < 1.29 is 28.6 Å². The minimum absolute atomic E-state index is 0.0846. The van der Waals surface area contributed by atoms with Crippen LogP contribution in [0.15, 0.2) is 85.1 Å². The lowest BCUT2D eigenvalue weighted by Crippen LogP contribution is -2.30. The van der Waals surface area contributed by atoms with Crippen LogP contribution >= 0.6 is 0 Å². The summed E-state index contributed by atoms with van der Waals surface area (Å²) >= 11 is 0. The molecule has 0 aliphatic carbocycles. The van der Waals surface area contributed by atoms with E-state index in [0.717, 1.165) is 122 Å². The molecule has 474 valence electrons. The zero-order chi connectivity index (χ0) is 59.2. The van der Waals surface area contributed by atoms with Gasteiger partial charge in [-0.05, 0) is 109 Å². The summed E-state index contributed by atoms with van der Waals surface area (Å²) in [7, 11) is 0. The summed E-state index contributed by atoms with van der Waals surface area (Å²) in [5, 5.41) is 0. The number of rotatable bonds is 65. The maximum Gasteiger partial charge on any atom is 0.306 e. The molecule has 0 spiro atoms.